The van der Waals surface area contributed by atoms with Crippen molar-refractivity contribution in [1.82, 2.24) is 14.4 Å². The number of rotatable bonds is 2. The number of para-hydroxylation sites is 2. The maximum absolute atomic E-state index is 5.61. The highest BCUT2D eigenvalue weighted by atomic mass is 16.7. The van der Waals surface area contributed by atoms with Crippen LogP contribution in [0.3, 0.4) is 0 Å². The van der Waals surface area contributed by atoms with E-state index in [0.717, 1.165) is 45.0 Å². The molecule has 0 bridgehead atoms. The summed E-state index contributed by atoms with van der Waals surface area (Å²) >= 11 is 0. The lowest BCUT2D eigenvalue weighted by Gasteiger charge is -2.11. The highest BCUT2D eigenvalue weighted by Gasteiger charge is 2.18. The third-order valence-electron chi connectivity index (χ3n) is 5.29. The summed E-state index contributed by atoms with van der Waals surface area (Å²) in [5, 5.41) is 0. The van der Waals surface area contributed by atoms with E-state index >= 15 is 0 Å². The first-order valence-electron chi connectivity index (χ1n) is 9.51. The molecule has 1 aliphatic heterocycles. The van der Waals surface area contributed by atoms with Gasteiger partial charge in [-0.3, -0.25) is 4.40 Å². The van der Waals surface area contributed by atoms with E-state index in [0.29, 0.717) is 5.78 Å². The number of nitrogens with zero attached hydrogens (tertiary/aromatic N) is 3. The largest absolute Gasteiger partial charge is 0.454 e. The predicted molar refractivity (Wildman–Crippen MR) is 112 cm³/mol. The summed E-state index contributed by atoms with van der Waals surface area (Å²) in [6.45, 7) is 2.34. The predicted octanol–water partition coefficient (Wildman–Crippen LogP) is 5.25. The van der Waals surface area contributed by atoms with Gasteiger partial charge < -0.3 is 9.47 Å². The number of imidazole rings is 1. The molecule has 5 aromatic rings. The van der Waals surface area contributed by atoms with Gasteiger partial charge in [-0.05, 0) is 43.3 Å². The average molecular weight is 379 g/mol. The van der Waals surface area contributed by atoms with Gasteiger partial charge in [-0.15, -0.1) is 0 Å². The molecule has 0 unspecified atom stereocenters. The third kappa shape index (κ3) is 2.55. The first kappa shape index (κ1) is 16.1. The molecule has 0 aliphatic carbocycles. The second-order valence-corrected chi connectivity index (χ2v) is 7.20. The van der Waals surface area contributed by atoms with Gasteiger partial charge in [-0.25, -0.2) is 9.97 Å². The van der Waals surface area contributed by atoms with Crippen molar-refractivity contribution in [3.63, 3.8) is 0 Å². The maximum atomic E-state index is 5.61. The summed E-state index contributed by atoms with van der Waals surface area (Å²) < 4.78 is 13.2. The zero-order chi connectivity index (χ0) is 19.4. The van der Waals surface area contributed by atoms with Crippen molar-refractivity contribution in [2.45, 2.75) is 6.92 Å². The van der Waals surface area contributed by atoms with E-state index in [1.807, 2.05) is 30.3 Å². The van der Waals surface area contributed by atoms with Crippen molar-refractivity contribution in [1.29, 1.82) is 0 Å². The van der Waals surface area contributed by atoms with Crippen LogP contribution in [0.1, 0.15) is 5.56 Å². The van der Waals surface area contributed by atoms with Gasteiger partial charge in [0.05, 0.1) is 22.4 Å². The zero-order valence-corrected chi connectivity index (χ0v) is 15.8. The lowest BCUT2D eigenvalue weighted by atomic mass is 10.1. The summed E-state index contributed by atoms with van der Waals surface area (Å²) in [6, 6.07) is 24.6. The summed E-state index contributed by atoms with van der Waals surface area (Å²) in [6.07, 6.45) is 0. The molecule has 5 nitrogen and oxygen atoms in total. The normalized spacial score (nSPS) is 12.7. The second kappa shape index (κ2) is 6.07. The standard InChI is InChI=1S/C24H17N3O2/c1-15-6-8-16(9-7-15)19-13-21(17-10-11-22-23(12-17)29-14-28-22)27-20-5-3-2-4-18(20)25-24(27)26-19/h2-13H,14H2,1H3. The first-order valence-corrected chi connectivity index (χ1v) is 9.51. The second-order valence-electron chi connectivity index (χ2n) is 7.20. The molecule has 0 spiro atoms. The lowest BCUT2D eigenvalue weighted by molar-refractivity contribution is 0.174. The highest BCUT2D eigenvalue weighted by molar-refractivity contribution is 5.84. The minimum absolute atomic E-state index is 0.257. The molecule has 0 saturated heterocycles. The molecule has 3 heterocycles. The smallest absolute Gasteiger partial charge is 0.235 e. The van der Waals surface area contributed by atoms with Crippen molar-refractivity contribution < 1.29 is 9.47 Å². The van der Waals surface area contributed by atoms with Crippen LogP contribution in [0, 0.1) is 6.92 Å². The monoisotopic (exact) mass is 379 g/mol. The number of hydrogen-bond acceptors (Lipinski definition) is 4. The van der Waals surface area contributed by atoms with E-state index in [-0.39, 0.29) is 6.79 Å². The minimum Gasteiger partial charge on any atom is -0.454 e. The molecule has 6 rings (SSSR count). The SMILES string of the molecule is Cc1ccc(-c2cc(-c3ccc4c(c3)OCO4)n3c(n2)nc2ccccc23)cc1. The molecule has 3 aromatic carbocycles. The van der Waals surface area contributed by atoms with Gasteiger partial charge in [-0.1, -0.05) is 42.0 Å². The fourth-order valence-corrected chi connectivity index (χ4v) is 3.80. The summed E-state index contributed by atoms with van der Waals surface area (Å²) in [5.74, 6) is 2.21. The maximum Gasteiger partial charge on any atom is 0.235 e. The Morgan fingerprint density at radius 2 is 1.59 bits per heavy atom. The number of hydrogen-bond donors (Lipinski definition) is 0. The number of fused-ring (bicyclic) bond motifs is 4. The number of aromatic nitrogens is 3. The molecule has 0 radical (unpaired) electrons. The molecule has 140 valence electrons. The molecule has 1 aliphatic rings. The van der Waals surface area contributed by atoms with Crippen LogP contribution >= 0.6 is 0 Å². The molecular weight excluding hydrogens is 362 g/mol. The van der Waals surface area contributed by atoms with E-state index in [1.54, 1.807) is 0 Å². The Labute approximate surface area is 167 Å². The van der Waals surface area contributed by atoms with E-state index in [1.165, 1.54) is 5.56 Å². The van der Waals surface area contributed by atoms with E-state index < -0.39 is 0 Å². The molecular formula is C24H17N3O2. The van der Waals surface area contributed by atoms with Gasteiger partial charge in [0.2, 0.25) is 12.6 Å². The summed E-state index contributed by atoms with van der Waals surface area (Å²) in [4.78, 5) is 9.64. The Bertz CT molecular complexity index is 1390. The van der Waals surface area contributed by atoms with Gasteiger partial charge in [0.15, 0.2) is 11.5 Å². The van der Waals surface area contributed by atoms with E-state index in [4.69, 9.17) is 19.4 Å². The van der Waals surface area contributed by atoms with Crippen molar-refractivity contribution in [3.8, 4) is 34.0 Å². The Morgan fingerprint density at radius 1 is 0.793 bits per heavy atom. The fourth-order valence-electron chi connectivity index (χ4n) is 3.80. The number of benzene rings is 3. The van der Waals surface area contributed by atoms with Crippen molar-refractivity contribution in [2.75, 3.05) is 6.79 Å². The lowest BCUT2D eigenvalue weighted by Crippen LogP contribution is -1.97. The minimum atomic E-state index is 0.257. The van der Waals surface area contributed by atoms with Crippen LogP contribution in [-0.4, -0.2) is 21.2 Å². The van der Waals surface area contributed by atoms with Crippen molar-refractivity contribution in [2.24, 2.45) is 0 Å². The number of ether oxygens (including phenoxy) is 2. The van der Waals surface area contributed by atoms with Gasteiger partial charge in [-0.2, -0.15) is 0 Å². The van der Waals surface area contributed by atoms with Crippen LogP contribution < -0.4 is 9.47 Å². The Morgan fingerprint density at radius 3 is 2.48 bits per heavy atom. The van der Waals surface area contributed by atoms with Crippen LogP contribution in [0.25, 0.3) is 39.3 Å². The molecule has 0 fully saturated rings. The summed E-state index contributed by atoms with van der Waals surface area (Å²) in [7, 11) is 0. The van der Waals surface area contributed by atoms with Crippen LogP contribution in [0.15, 0.2) is 72.8 Å². The highest BCUT2D eigenvalue weighted by Crippen LogP contribution is 2.37. The Balaban J connectivity index is 1.67. The molecule has 2 aromatic heterocycles. The van der Waals surface area contributed by atoms with Crippen molar-refractivity contribution >= 4 is 16.8 Å². The third-order valence-corrected chi connectivity index (χ3v) is 5.29. The molecule has 0 amide bonds. The van der Waals surface area contributed by atoms with Crippen LogP contribution in [0.5, 0.6) is 11.5 Å². The quantitative estimate of drug-likeness (QED) is 0.420. The fraction of sp³-hybridized carbons (Fsp3) is 0.0833. The van der Waals surface area contributed by atoms with Crippen LogP contribution in [0.4, 0.5) is 0 Å². The van der Waals surface area contributed by atoms with E-state index in [9.17, 15) is 0 Å². The zero-order valence-electron chi connectivity index (χ0n) is 15.8. The average Bonchev–Trinajstić information content (AvgIpc) is 3.37. The van der Waals surface area contributed by atoms with Crippen LogP contribution in [-0.2, 0) is 0 Å². The Kier molecular flexibility index (Phi) is 3.38. The van der Waals surface area contributed by atoms with Gasteiger partial charge in [0, 0.05) is 11.1 Å². The molecule has 0 N–H and O–H groups in total. The van der Waals surface area contributed by atoms with Gasteiger partial charge in [0.25, 0.3) is 0 Å². The number of aryl methyl sites for hydroxylation is 1. The molecule has 0 saturated carbocycles. The van der Waals surface area contributed by atoms with E-state index in [2.05, 4.69) is 53.8 Å². The molecule has 0 atom stereocenters. The van der Waals surface area contributed by atoms with Crippen LogP contribution in [0.2, 0.25) is 0 Å². The molecule has 5 heteroatoms. The summed E-state index contributed by atoms with van der Waals surface area (Å²) in [5.41, 5.74) is 7.15. The topological polar surface area (TPSA) is 48.7 Å². The first-order chi connectivity index (χ1) is 14.3. The van der Waals surface area contributed by atoms with Gasteiger partial charge in [0.1, 0.15) is 0 Å². The molecule has 29 heavy (non-hydrogen) atoms. The Hall–Kier alpha value is -3.86. The van der Waals surface area contributed by atoms with Gasteiger partial charge >= 0.3 is 0 Å². The van der Waals surface area contributed by atoms with Crippen molar-refractivity contribution in [3.05, 3.63) is 78.4 Å².